The van der Waals surface area contributed by atoms with E-state index in [2.05, 4.69) is 0 Å². The van der Waals surface area contributed by atoms with Gasteiger partial charge < -0.3 is 4.90 Å². The van der Waals surface area contributed by atoms with Crippen LogP contribution in [0.3, 0.4) is 0 Å². The van der Waals surface area contributed by atoms with Crippen LogP contribution < -0.4 is 0 Å². The number of nitrogens with zero attached hydrogens (tertiary/aromatic N) is 1. The lowest BCUT2D eigenvalue weighted by Crippen LogP contribution is -2.13. The Labute approximate surface area is 116 Å². The van der Waals surface area contributed by atoms with Crippen LogP contribution in [0.5, 0.6) is 0 Å². The van der Waals surface area contributed by atoms with Gasteiger partial charge in [-0.05, 0) is 18.2 Å². The van der Waals surface area contributed by atoms with E-state index in [1.54, 1.807) is 14.1 Å². The normalized spacial score (nSPS) is 12.8. The molecule has 0 amide bonds. The molecule has 0 fully saturated rings. The minimum Gasteiger partial charge on any atom is -0.383 e. The molecule has 0 aromatic heterocycles. The average Bonchev–Trinajstić information content (AvgIpc) is 2.33. The summed E-state index contributed by atoms with van der Waals surface area (Å²) in [5.41, 5.74) is -3.70. The fraction of sp³-hybridized carbons (Fsp3) is 0.308. The predicted molar refractivity (Wildman–Crippen MR) is 63.6 cm³/mol. The number of rotatable bonds is 3. The predicted octanol–water partition coefficient (Wildman–Crippen LogP) is 3.98. The first-order valence-corrected chi connectivity index (χ1v) is 5.59. The van der Waals surface area contributed by atoms with Crippen LogP contribution in [-0.2, 0) is 12.4 Å². The Bertz CT molecular complexity index is 525. The maximum Gasteiger partial charge on any atom is 0.416 e. The number of ketones is 1. The molecule has 0 aliphatic carbocycles. The van der Waals surface area contributed by atoms with Crippen LogP contribution in [0.1, 0.15) is 21.5 Å². The van der Waals surface area contributed by atoms with Gasteiger partial charge in [-0.1, -0.05) is 0 Å². The van der Waals surface area contributed by atoms with Crippen LogP contribution in [0.25, 0.3) is 0 Å². The highest BCUT2D eigenvalue weighted by Crippen LogP contribution is 2.36. The van der Waals surface area contributed by atoms with E-state index in [9.17, 15) is 31.1 Å². The first-order valence-electron chi connectivity index (χ1n) is 5.59. The minimum atomic E-state index is -4.97. The summed E-state index contributed by atoms with van der Waals surface area (Å²) in [4.78, 5) is 13.1. The van der Waals surface area contributed by atoms with Gasteiger partial charge in [-0.3, -0.25) is 4.79 Å². The third kappa shape index (κ3) is 4.80. The van der Waals surface area contributed by atoms with Gasteiger partial charge in [0.25, 0.3) is 0 Å². The molecule has 0 spiro atoms. The number of allylic oxidation sites excluding steroid dienone is 1. The standard InChI is InChI=1S/C13H11F6NO/c1-20(2)4-3-11(21)8-5-9(12(14,15)16)7-10(6-8)13(17,18)19/h3-7H,1-2H3/b4-3+. The van der Waals surface area contributed by atoms with E-state index in [-0.39, 0.29) is 6.07 Å². The molecule has 0 aliphatic rings. The molecule has 0 radical (unpaired) electrons. The van der Waals surface area contributed by atoms with Crippen molar-refractivity contribution in [3.63, 3.8) is 0 Å². The third-order valence-corrected chi connectivity index (χ3v) is 2.40. The lowest BCUT2D eigenvalue weighted by atomic mass is 10.0. The molecule has 1 rings (SSSR count). The second-order valence-corrected chi connectivity index (χ2v) is 4.44. The van der Waals surface area contributed by atoms with Crippen LogP contribution in [0.4, 0.5) is 26.3 Å². The van der Waals surface area contributed by atoms with Crippen molar-refractivity contribution in [2.45, 2.75) is 12.4 Å². The van der Waals surface area contributed by atoms with Crippen molar-refractivity contribution in [3.8, 4) is 0 Å². The van der Waals surface area contributed by atoms with Crippen LogP contribution in [0.15, 0.2) is 30.5 Å². The molecule has 0 heterocycles. The Morgan fingerprint density at radius 3 is 1.71 bits per heavy atom. The molecule has 0 bridgehead atoms. The number of carbonyl (C=O) groups is 1. The lowest BCUT2D eigenvalue weighted by Gasteiger charge is -2.13. The second-order valence-electron chi connectivity index (χ2n) is 4.44. The van der Waals surface area contributed by atoms with Gasteiger partial charge in [-0.15, -0.1) is 0 Å². The van der Waals surface area contributed by atoms with Gasteiger partial charge in [0, 0.05) is 31.9 Å². The molecular weight excluding hydrogens is 300 g/mol. The van der Waals surface area contributed by atoms with Crippen LogP contribution in [0, 0.1) is 0 Å². The molecule has 1 aromatic carbocycles. The van der Waals surface area contributed by atoms with Crippen LogP contribution in [-0.4, -0.2) is 24.8 Å². The van der Waals surface area contributed by atoms with E-state index >= 15 is 0 Å². The minimum absolute atomic E-state index is 0.0214. The van der Waals surface area contributed by atoms with Crippen molar-refractivity contribution in [2.75, 3.05) is 14.1 Å². The van der Waals surface area contributed by atoms with Gasteiger partial charge in [0.05, 0.1) is 11.1 Å². The fourth-order valence-corrected chi connectivity index (χ4v) is 1.41. The van der Waals surface area contributed by atoms with Crippen molar-refractivity contribution in [1.82, 2.24) is 4.90 Å². The summed E-state index contributed by atoms with van der Waals surface area (Å²) in [6, 6.07) is 0.779. The monoisotopic (exact) mass is 311 g/mol. The number of carbonyl (C=O) groups excluding carboxylic acids is 1. The highest BCUT2D eigenvalue weighted by atomic mass is 19.4. The summed E-state index contributed by atoms with van der Waals surface area (Å²) in [7, 11) is 3.11. The summed E-state index contributed by atoms with van der Waals surface area (Å²) >= 11 is 0. The van der Waals surface area contributed by atoms with Crippen molar-refractivity contribution < 1.29 is 31.1 Å². The van der Waals surface area contributed by atoms with E-state index in [4.69, 9.17) is 0 Å². The highest BCUT2D eigenvalue weighted by molar-refractivity contribution is 6.04. The smallest absolute Gasteiger partial charge is 0.383 e. The third-order valence-electron chi connectivity index (χ3n) is 2.40. The van der Waals surface area contributed by atoms with E-state index in [1.807, 2.05) is 0 Å². The molecule has 1 aromatic rings. The summed E-state index contributed by atoms with van der Waals surface area (Å²) < 4.78 is 75.7. The van der Waals surface area contributed by atoms with Gasteiger partial charge >= 0.3 is 12.4 Å². The second kappa shape index (κ2) is 5.79. The zero-order valence-corrected chi connectivity index (χ0v) is 11.0. The molecule has 0 saturated carbocycles. The van der Waals surface area contributed by atoms with Crippen molar-refractivity contribution in [2.24, 2.45) is 0 Å². The van der Waals surface area contributed by atoms with Gasteiger partial charge in [-0.25, -0.2) is 0 Å². The van der Waals surface area contributed by atoms with E-state index < -0.39 is 34.8 Å². The molecule has 2 nitrogen and oxygen atoms in total. The zero-order valence-electron chi connectivity index (χ0n) is 11.0. The SMILES string of the molecule is CN(C)/C=C/C(=O)c1cc(C(F)(F)F)cc(C(F)(F)F)c1. The van der Waals surface area contributed by atoms with Crippen LogP contribution >= 0.6 is 0 Å². The van der Waals surface area contributed by atoms with E-state index in [0.717, 1.165) is 6.08 Å². The zero-order chi connectivity index (χ0) is 16.4. The maximum absolute atomic E-state index is 12.6. The molecule has 0 unspecified atom stereocenters. The summed E-state index contributed by atoms with van der Waals surface area (Å²) in [5, 5.41) is 0. The molecular formula is C13H11F6NO. The number of hydrogen-bond donors (Lipinski definition) is 0. The van der Waals surface area contributed by atoms with Gasteiger partial charge in [0.2, 0.25) is 0 Å². The van der Waals surface area contributed by atoms with Crippen LogP contribution in [0.2, 0.25) is 0 Å². The quantitative estimate of drug-likeness (QED) is 0.478. The van der Waals surface area contributed by atoms with E-state index in [1.165, 1.54) is 11.1 Å². The van der Waals surface area contributed by atoms with Crippen molar-refractivity contribution in [3.05, 3.63) is 47.2 Å². The summed E-state index contributed by atoms with van der Waals surface area (Å²) in [6.07, 6.45) is -7.81. The molecule has 0 saturated heterocycles. The fourth-order valence-electron chi connectivity index (χ4n) is 1.41. The number of alkyl halides is 6. The molecule has 0 N–H and O–H groups in total. The average molecular weight is 311 g/mol. The first kappa shape index (κ1) is 17.1. The Morgan fingerprint density at radius 1 is 0.952 bits per heavy atom. The summed E-state index contributed by atoms with van der Waals surface area (Å²) in [5.74, 6) is -0.944. The Kier molecular flexibility index (Phi) is 4.70. The van der Waals surface area contributed by atoms with Crippen molar-refractivity contribution in [1.29, 1.82) is 0 Å². The lowest BCUT2D eigenvalue weighted by molar-refractivity contribution is -0.143. The molecule has 0 aliphatic heterocycles. The first-order chi connectivity index (χ1) is 9.41. The Balaban J connectivity index is 3.36. The van der Waals surface area contributed by atoms with Crippen molar-refractivity contribution >= 4 is 5.78 Å². The highest BCUT2D eigenvalue weighted by Gasteiger charge is 2.37. The summed E-state index contributed by atoms with van der Waals surface area (Å²) in [6.45, 7) is 0. The van der Waals surface area contributed by atoms with Gasteiger partial charge in [-0.2, -0.15) is 26.3 Å². The Morgan fingerprint density at radius 2 is 1.38 bits per heavy atom. The molecule has 116 valence electrons. The molecule has 8 heteroatoms. The molecule has 21 heavy (non-hydrogen) atoms. The van der Waals surface area contributed by atoms with Gasteiger partial charge in [0.15, 0.2) is 5.78 Å². The number of halogens is 6. The molecule has 0 atom stereocenters. The van der Waals surface area contributed by atoms with E-state index in [0.29, 0.717) is 12.1 Å². The number of hydrogen-bond acceptors (Lipinski definition) is 2. The maximum atomic E-state index is 12.6. The number of benzene rings is 1. The topological polar surface area (TPSA) is 20.3 Å². The Hall–Kier alpha value is -1.99. The van der Waals surface area contributed by atoms with Gasteiger partial charge in [0.1, 0.15) is 0 Å². The largest absolute Gasteiger partial charge is 0.416 e.